The molecule has 1 aromatic carbocycles. The van der Waals surface area contributed by atoms with Gasteiger partial charge in [-0.1, -0.05) is 12.1 Å². The van der Waals surface area contributed by atoms with Crippen molar-refractivity contribution in [3.05, 3.63) is 47.3 Å². The molecule has 0 radical (unpaired) electrons. The first kappa shape index (κ1) is 12.2. The number of aryl methyl sites for hydroxylation is 1. The van der Waals surface area contributed by atoms with E-state index in [1.807, 2.05) is 24.0 Å². The van der Waals surface area contributed by atoms with Crippen LogP contribution in [-0.4, -0.2) is 23.4 Å². The number of nitrogens with zero attached hydrogens (tertiary/aromatic N) is 2. The Bertz CT molecular complexity index is 577. The predicted octanol–water partition coefficient (Wildman–Crippen LogP) is 1.86. The molecule has 1 unspecified atom stereocenters. The number of ether oxygens (including phenoxy) is 1. The second-order valence-corrected chi connectivity index (χ2v) is 4.97. The van der Waals surface area contributed by atoms with Crippen molar-refractivity contribution in [3.63, 3.8) is 0 Å². The molecule has 0 fully saturated rings. The van der Waals surface area contributed by atoms with Crippen molar-refractivity contribution >= 4 is 0 Å². The Kier molecular flexibility index (Phi) is 3.25. The summed E-state index contributed by atoms with van der Waals surface area (Å²) in [5, 5.41) is 8.05. The molecule has 1 aromatic heterocycles. The summed E-state index contributed by atoms with van der Waals surface area (Å²) < 4.78 is 7.32. The lowest BCUT2D eigenvalue weighted by Crippen LogP contribution is -2.31. The highest BCUT2D eigenvalue weighted by Gasteiger charge is 2.22. The van der Waals surface area contributed by atoms with Crippen LogP contribution in [0, 0.1) is 0 Å². The Morgan fingerprint density at radius 1 is 1.42 bits per heavy atom. The Balaban J connectivity index is 1.90. The topological polar surface area (TPSA) is 39.1 Å². The molecule has 0 spiro atoms. The van der Waals surface area contributed by atoms with E-state index in [2.05, 4.69) is 28.6 Å². The Labute approximate surface area is 113 Å². The quantitative estimate of drug-likeness (QED) is 0.912. The molecule has 4 heteroatoms. The molecule has 3 rings (SSSR count). The first-order chi connectivity index (χ1) is 9.28. The van der Waals surface area contributed by atoms with Crippen LogP contribution in [0.1, 0.15) is 22.9 Å². The lowest BCUT2D eigenvalue weighted by molar-refractivity contribution is 0.400. The van der Waals surface area contributed by atoms with Crippen molar-refractivity contribution in [2.24, 2.45) is 7.05 Å². The molecular formula is C15H19N3O. The van der Waals surface area contributed by atoms with E-state index in [0.717, 1.165) is 30.8 Å². The highest BCUT2D eigenvalue weighted by atomic mass is 16.5. The maximum Gasteiger partial charge on any atom is 0.122 e. The van der Waals surface area contributed by atoms with Crippen molar-refractivity contribution in [1.82, 2.24) is 15.1 Å². The third-order valence-electron chi connectivity index (χ3n) is 3.71. The molecule has 100 valence electrons. The fraction of sp³-hybridized carbons (Fsp3) is 0.400. The first-order valence-corrected chi connectivity index (χ1v) is 6.65. The van der Waals surface area contributed by atoms with Crippen molar-refractivity contribution in [3.8, 4) is 5.75 Å². The molecule has 0 amide bonds. The minimum Gasteiger partial charge on any atom is -0.496 e. The fourth-order valence-corrected chi connectivity index (χ4v) is 2.81. The zero-order valence-electron chi connectivity index (χ0n) is 11.4. The number of methoxy groups -OCH3 is 1. The summed E-state index contributed by atoms with van der Waals surface area (Å²) in [6.45, 7) is 0.991. The molecule has 1 aliphatic heterocycles. The number of fused-ring (bicyclic) bond motifs is 1. The molecule has 19 heavy (non-hydrogen) atoms. The van der Waals surface area contributed by atoms with Crippen LogP contribution in [0.3, 0.4) is 0 Å². The molecule has 1 N–H and O–H groups in total. The molecule has 0 aliphatic carbocycles. The van der Waals surface area contributed by atoms with Gasteiger partial charge < -0.3 is 10.1 Å². The molecule has 0 saturated heterocycles. The number of hydrogen-bond donors (Lipinski definition) is 1. The van der Waals surface area contributed by atoms with E-state index in [0.29, 0.717) is 6.04 Å². The highest BCUT2D eigenvalue weighted by molar-refractivity contribution is 5.43. The minimum absolute atomic E-state index is 0.328. The monoisotopic (exact) mass is 257 g/mol. The van der Waals surface area contributed by atoms with E-state index in [-0.39, 0.29) is 0 Å². The third kappa shape index (κ3) is 2.36. The number of rotatable bonds is 3. The largest absolute Gasteiger partial charge is 0.496 e. The van der Waals surface area contributed by atoms with Gasteiger partial charge in [0.15, 0.2) is 0 Å². The molecule has 4 nitrogen and oxygen atoms in total. The van der Waals surface area contributed by atoms with Gasteiger partial charge in [-0.3, -0.25) is 4.68 Å². The summed E-state index contributed by atoms with van der Waals surface area (Å²) >= 11 is 0. The van der Waals surface area contributed by atoms with Gasteiger partial charge in [-0.15, -0.1) is 0 Å². The van der Waals surface area contributed by atoms with Crippen LogP contribution in [0.25, 0.3) is 0 Å². The minimum atomic E-state index is 0.328. The van der Waals surface area contributed by atoms with Gasteiger partial charge >= 0.3 is 0 Å². The lowest BCUT2D eigenvalue weighted by atomic mass is 9.91. The summed E-state index contributed by atoms with van der Waals surface area (Å²) in [6, 6.07) is 8.71. The molecule has 2 heterocycles. The zero-order chi connectivity index (χ0) is 13.2. The second-order valence-electron chi connectivity index (χ2n) is 4.97. The van der Waals surface area contributed by atoms with Gasteiger partial charge in [-0.25, -0.2) is 0 Å². The molecule has 1 atom stereocenters. The molecule has 2 aromatic rings. The third-order valence-corrected chi connectivity index (χ3v) is 3.71. The van der Waals surface area contributed by atoms with Gasteiger partial charge in [-0.2, -0.15) is 5.10 Å². The van der Waals surface area contributed by atoms with Crippen molar-refractivity contribution in [1.29, 1.82) is 0 Å². The van der Waals surface area contributed by atoms with Crippen LogP contribution in [0.15, 0.2) is 30.5 Å². The molecule has 0 saturated carbocycles. The predicted molar refractivity (Wildman–Crippen MR) is 74.4 cm³/mol. The van der Waals surface area contributed by atoms with Gasteiger partial charge in [-0.05, 0) is 30.7 Å². The zero-order valence-corrected chi connectivity index (χ0v) is 11.4. The van der Waals surface area contributed by atoms with Crippen LogP contribution < -0.4 is 10.1 Å². The van der Waals surface area contributed by atoms with Gasteiger partial charge in [0.25, 0.3) is 0 Å². The summed E-state index contributed by atoms with van der Waals surface area (Å²) in [5.41, 5.74) is 3.80. The Morgan fingerprint density at radius 3 is 3.05 bits per heavy atom. The average molecular weight is 257 g/mol. The maximum absolute atomic E-state index is 5.47. The lowest BCUT2D eigenvalue weighted by Gasteiger charge is -2.27. The van der Waals surface area contributed by atoms with Crippen molar-refractivity contribution in [2.75, 3.05) is 13.7 Å². The van der Waals surface area contributed by atoms with Crippen LogP contribution in [0.4, 0.5) is 0 Å². The fourth-order valence-electron chi connectivity index (χ4n) is 2.81. The van der Waals surface area contributed by atoms with Crippen molar-refractivity contribution in [2.45, 2.75) is 18.9 Å². The summed E-state index contributed by atoms with van der Waals surface area (Å²) in [4.78, 5) is 0. The van der Waals surface area contributed by atoms with Crippen molar-refractivity contribution < 1.29 is 4.74 Å². The molecular weight excluding hydrogens is 238 g/mol. The van der Waals surface area contributed by atoms with Crippen LogP contribution in [0.2, 0.25) is 0 Å². The van der Waals surface area contributed by atoms with Gasteiger partial charge in [0.1, 0.15) is 5.75 Å². The van der Waals surface area contributed by atoms with Crippen LogP contribution >= 0.6 is 0 Å². The number of aromatic nitrogens is 2. The summed E-state index contributed by atoms with van der Waals surface area (Å²) in [6.07, 6.45) is 3.93. The second kappa shape index (κ2) is 5.05. The van der Waals surface area contributed by atoms with Gasteiger partial charge in [0.05, 0.1) is 12.8 Å². The van der Waals surface area contributed by atoms with E-state index in [1.165, 1.54) is 11.1 Å². The molecule has 1 aliphatic rings. The number of nitrogens with one attached hydrogen (secondary N) is 1. The van der Waals surface area contributed by atoms with E-state index in [4.69, 9.17) is 4.74 Å². The van der Waals surface area contributed by atoms with Gasteiger partial charge in [0, 0.05) is 31.3 Å². The van der Waals surface area contributed by atoms with E-state index in [9.17, 15) is 0 Å². The van der Waals surface area contributed by atoms with Crippen LogP contribution in [0.5, 0.6) is 5.75 Å². The first-order valence-electron chi connectivity index (χ1n) is 6.65. The summed E-state index contributed by atoms with van der Waals surface area (Å²) in [7, 11) is 3.69. The Morgan fingerprint density at radius 2 is 2.32 bits per heavy atom. The number of hydrogen-bond acceptors (Lipinski definition) is 3. The van der Waals surface area contributed by atoms with E-state index >= 15 is 0 Å². The highest BCUT2D eigenvalue weighted by Crippen LogP contribution is 2.31. The number of benzene rings is 1. The smallest absolute Gasteiger partial charge is 0.122 e. The SMILES string of the molecule is COc1cccc2c1CCNC2Cc1ccn(C)n1. The average Bonchev–Trinajstić information content (AvgIpc) is 2.84. The van der Waals surface area contributed by atoms with E-state index in [1.54, 1.807) is 7.11 Å². The molecule has 0 bridgehead atoms. The van der Waals surface area contributed by atoms with E-state index < -0.39 is 0 Å². The maximum atomic E-state index is 5.47. The normalized spacial score (nSPS) is 18.1. The summed E-state index contributed by atoms with van der Waals surface area (Å²) in [5.74, 6) is 1.00. The van der Waals surface area contributed by atoms with Crippen LogP contribution in [-0.2, 0) is 19.9 Å². The van der Waals surface area contributed by atoms with Gasteiger partial charge in [0.2, 0.25) is 0 Å². The standard InChI is InChI=1S/C15H19N3O/c1-18-9-7-11(17-18)10-14-12-4-3-5-15(19-2)13(12)6-8-16-14/h3-5,7,9,14,16H,6,8,10H2,1-2H3. The Hall–Kier alpha value is -1.81.